The Morgan fingerprint density at radius 1 is 1.26 bits per heavy atom. The predicted octanol–water partition coefficient (Wildman–Crippen LogP) is 3.17. The highest BCUT2D eigenvalue weighted by molar-refractivity contribution is 5.13. The first-order valence-electron chi connectivity index (χ1n) is 6.91. The zero-order chi connectivity index (χ0) is 13.9. The van der Waals surface area contributed by atoms with Crippen molar-refractivity contribution in [3.63, 3.8) is 0 Å². The summed E-state index contributed by atoms with van der Waals surface area (Å²) >= 11 is 0. The van der Waals surface area contributed by atoms with Gasteiger partial charge in [0.2, 0.25) is 0 Å². The molecule has 1 aliphatic rings. The SMILES string of the molecule is CO[C@]1(C)C[C@@H](C)O[C@@H](C)[C@@H]1OCc1ccccc1. The van der Waals surface area contributed by atoms with E-state index < -0.39 is 0 Å². The van der Waals surface area contributed by atoms with Crippen LogP contribution in [-0.2, 0) is 20.8 Å². The maximum atomic E-state index is 6.09. The second kappa shape index (κ2) is 6.04. The van der Waals surface area contributed by atoms with Crippen molar-refractivity contribution in [1.82, 2.24) is 0 Å². The smallest absolute Gasteiger partial charge is 0.112 e. The molecule has 0 bridgehead atoms. The zero-order valence-corrected chi connectivity index (χ0v) is 12.3. The van der Waals surface area contributed by atoms with Crippen LogP contribution in [0.15, 0.2) is 30.3 Å². The van der Waals surface area contributed by atoms with Gasteiger partial charge >= 0.3 is 0 Å². The summed E-state index contributed by atoms with van der Waals surface area (Å²) in [6, 6.07) is 10.2. The highest BCUT2D eigenvalue weighted by atomic mass is 16.6. The van der Waals surface area contributed by atoms with Gasteiger partial charge in [0, 0.05) is 13.5 Å². The third kappa shape index (κ3) is 3.35. The van der Waals surface area contributed by atoms with Crippen LogP contribution in [0.1, 0.15) is 32.8 Å². The van der Waals surface area contributed by atoms with Crippen molar-refractivity contribution >= 4 is 0 Å². The van der Waals surface area contributed by atoms with Crippen LogP contribution in [0.2, 0.25) is 0 Å². The molecule has 3 nitrogen and oxygen atoms in total. The van der Waals surface area contributed by atoms with E-state index in [2.05, 4.69) is 32.9 Å². The van der Waals surface area contributed by atoms with Crippen LogP contribution in [0, 0.1) is 0 Å². The van der Waals surface area contributed by atoms with Crippen LogP contribution in [0.25, 0.3) is 0 Å². The molecule has 1 aromatic rings. The molecule has 0 spiro atoms. The zero-order valence-electron chi connectivity index (χ0n) is 12.3. The average Bonchev–Trinajstić information content (AvgIpc) is 2.38. The van der Waals surface area contributed by atoms with Gasteiger partial charge in [-0.3, -0.25) is 0 Å². The molecule has 0 amide bonds. The molecule has 0 saturated carbocycles. The molecule has 0 unspecified atom stereocenters. The summed E-state index contributed by atoms with van der Waals surface area (Å²) in [7, 11) is 1.75. The molecule has 2 rings (SSSR count). The Morgan fingerprint density at radius 3 is 2.58 bits per heavy atom. The van der Waals surface area contributed by atoms with Gasteiger partial charge in [0.15, 0.2) is 0 Å². The van der Waals surface area contributed by atoms with Gasteiger partial charge in [-0.15, -0.1) is 0 Å². The molecule has 1 heterocycles. The minimum Gasteiger partial charge on any atom is -0.376 e. The van der Waals surface area contributed by atoms with Crippen LogP contribution in [0.5, 0.6) is 0 Å². The second-order valence-electron chi connectivity index (χ2n) is 5.59. The molecular weight excluding hydrogens is 240 g/mol. The van der Waals surface area contributed by atoms with E-state index in [1.54, 1.807) is 7.11 Å². The van der Waals surface area contributed by atoms with Crippen molar-refractivity contribution in [3.05, 3.63) is 35.9 Å². The first kappa shape index (κ1) is 14.5. The summed E-state index contributed by atoms with van der Waals surface area (Å²) in [5.41, 5.74) is 0.887. The number of rotatable bonds is 4. The van der Waals surface area contributed by atoms with Crippen molar-refractivity contribution in [2.75, 3.05) is 7.11 Å². The maximum Gasteiger partial charge on any atom is 0.112 e. The summed E-state index contributed by atoms with van der Waals surface area (Å²) in [4.78, 5) is 0. The molecule has 19 heavy (non-hydrogen) atoms. The van der Waals surface area contributed by atoms with Gasteiger partial charge in [0.25, 0.3) is 0 Å². The molecule has 1 aromatic carbocycles. The van der Waals surface area contributed by atoms with Crippen molar-refractivity contribution in [2.45, 2.75) is 57.7 Å². The second-order valence-corrected chi connectivity index (χ2v) is 5.59. The fourth-order valence-electron chi connectivity index (χ4n) is 2.94. The Balaban J connectivity index is 2.04. The summed E-state index contributed by atoms with van der Waals surface area (Å²) in [5, 5.41) is 0. The van der Waals surface area contributed by atoms with Crippen molar-refractivity contribution in [3.8, 4) is 0 Å². The third-order valence-corrected chi connectivity index (χ3v) is 3.91. The molecular formula is C16H24O3. The van der Waals surface area contributed by atoms with E-state index in [0.29, 0.717) is 6.61 Å². The van der Waals surface area contributed by atoms with E-state index in [0.717, 1.165) is 6.42 Å². The maximum absolute atomic E-state index is 6.09. The largest absolute Gasteiger partial charge is 0.376 e. The van der Waals surface area contributed by atoms with Crippen LogP contribution >= 0.6 is 0 Å². The number of ether oxygens (including phenoxy) is 3. The topological polar surface area (TPSA) is 27.7 Å². The lowest BCUT2D eigenvalue weighted by molar-refractivity contribution is -0.230. The molecule has 1 aliphatic heterocycles. The average molecular weight is 264 g/mol. The van der Waals surface area contributed by atoms with E-state index >= 15 is 0 Å². The molecule has 106 valence electrons. The van der Waals surface area contributed by atoms with Gasteiger partial charge in [0.05, 0.1) is 24.4 Å². The molecule has 4 atom stereocenters. The first-order valence-corrected chi connectivity index (χ1v) is 6.91. The van der Waals surface area contributed by atoms with Gasteiger partial charge in [-0.1, -0.05) is 30.3 Å². The molecule has 0 N–H and O–H groups in total. The summed E-state index contributed by atoms with van der Waals surface area (Å²) < 4.78 is 17.7. The number of methoxy groups -OCH3 is 1. The van der Waals surface area contributed by atoms with Gasteiger partial charge < -0.3 is 14.2 Å². The lowest BCUT2D eigenvalue weighted by Gasteiger charge is -2.46. The molecule has 0 radical (unpaired) electrons. The van der Waals surface area contributed by atoms with Crippen LogP contribution in [0.4, 0.5) is 0 Å². The Hall–Kier alpha value is -0.900. The standard InChI is InChI=1S/C16H24O3/c1-12-10-16(3,17-4)15(13(2)19-12)18-11-14-8-6-5-7-9-14/h5-9,12-13,15H,10-11H2,1-4H3/t12-,13+,15+,16-/m1/s1. The quantitative estimate of drug-likeness (QED) is 0.836. The highest BCUT2D eigenvalue weighted by Crippen LogP contribution is 2.34. The van der Waals surface area contributed by atoms with Crippen molar-refractivity contribution in [1.29, 1.82) is 0 Å². The van der Waals surface area contributed by atoms with Gasteiger partial charge in [-0.05, 0) is 26.3 Å². The lowest BCUT2D eigenvalue weighted by atomic mass is 9.86. The van der Waals surface area contributed by atoms with Gasteiger partial charge in [-0.25, -0.2) is 0 Å². The van der Waals surface area contributed by atoms with Crippen molar-refractivity contribution in [2.24, 2.45) is 0 Å². The molecule has 0 aliphatic carbocycles. The van der Waals surface area contributed by atoms with Crippen LogP contribution in [-0.4, -0.2) is 31.0 Å². The van der Waals surface area contributed by atoms with Gasteiger partial charge in [0.1, 0.15) is 6.10 Å². The van der Waals surface area contributed by atoms with Crippen LogP contribution in [0.3, 0.4) is 0 Å². The van der Waals surface area contributed by atoms with Gasteiger partial charge in [-0.2, -0.15) is 0 Å². The molecule has 1 fully saturated rings. The Labute approximate surface area is 115 Å². The van der Waals surface area contributed by atoms with Crippen LogP contribution < -0.4 is 0 Å². The minimum absolute atomic E-state index is 0.0393. The van der Waals surface area contributed by atoms with E-state index in [1.165, 1.54) is 5.56 Å². The normalized spacial score (nSPS) is 35.3. The van der Waals surface area contributed by atoms with E-state index in [4.69, 9.17) is 14.2 Å². The molecule has 3 heteroatoms. The van der Waals surface area contributed by atoms with E-state index in [-0.39, 0.29) is 23.9 Å². The van der Waals surface area contributed by atoms with Crippen molar-refractivity contribution < 1.29 is 14.2 Å². The number of hydrogen-bond acceptors (Lipinski definition) is 3. The first-order chi connectivity index (χ1) is 9.05. The Morgan fingerprint density at radius 2 is 1.95 bits per heavy atom. The third-order valence-electron chi connectivity index (χ3n) is 3.91. The van der Waals surface area contributed by atoms with E-state index in [9.17, 15) is 0 Å². The highest BCUT2D eigenvalue weighted by Gasteiger charge is 2.45. The lowest BCUT2D eigenvalue weighted by Crippen LogP contribution is -2.56. The number of benzene rings is 1. The fraction of sp³-hybridized carbons (Fsp3) is 0.625. The summed E-state index contributed by atoms with van der Waals surface area (Å²) in [6.07, 6.45) is 1.05. The number of hydrogen-bond donors (Lipinski definition) is 0. The molecule has 1 saturated heterocycles. The predicted molar refractivity (Wildman–Crippen MR) is 75.1 cm³/mol. The summed E-state index contributed by atoms with van der Waals surface area (Å²) in [6.45, 7) is 6.84. The fourth-order valence-corrected chi connectivity index (χ4v) is 2.94. The monoisotopic (exact) mass is 264 g/mol. The Kier molecular flexibility index (Phi) is 4.61. The molecule has 0 aromatic heterocycles. The minimum atomic E-state index is -0.286. The summed E-state index contributed by atoms with van der Waals surface area (Å²) in [5.74, 6) is 0. The Bertz CT molecular complexity index is 392. The van der Waals surface area contributed by atoms with E-state index in [1.807, 2.05) is 18.2 Å².